The van der Waals surface area contributed by atoms with Crippen molar-refractivity contribution >= 4 is 17.9 Å². The average molecular weight is 299 g/mol. The molecule has 120 valence electrons. The molecule has 21 heavy (non-hydrogen) atoms. The number of carbonyl (C=O) groups excluding carboxylic acids is 2. The molecule has 7 nitrogen and oxygen atoms in total. The van der Waals surface area contributed by atoms with Gasteiger partial charge in [-0.25, -0.2) is 9.59 Å². The highest BCUT2D eigenvalue weighted by atomic mass is 16.4. The zero-order chi connectivity index (χ0) is 16.2. The van der Waals surface area contributed by atoms with Crippen LogP contribution in [0.3, 0.4) is 0 Å². The first-order valence-electron chi connectivity index (χ1n) is 7.32. The molecule has 0 spiro atoms. The van der Waals surface area contributed by atoms with Gasteiger partial charge in [0.2, 0.25) is 5.91 Å². The van der Waals surface area contributed by atoms with Crippen molar-refractivity contribution in [3.8, 4) is 0 Å². The fraction of sp³-hybridized carbons (Fsp3) is 0.786. The molecule has 0 radical (unpaired) electrons. The number of primary amides is 1. The van der Waals surface area contributed by atoms with Gasteiger partial charge < -0.3 is 21.5 Å². The van der Waals surface area contributed by atoms with Crippen molar-refractivity contribution in [2.24, 2.45) is 17.6 Å². The largest absolute Gasteiger partial charge is 0.479 e. The van der Waals surface area contributed by atoms with E-state index in [2.05, 4.69) is 10.6 Å². The third kappa shape index (κ3) is 3.86. The minimum absolute atomic E-state index is 0.158. The van der Waals surface area contributed by atoms with Gasteiger partial charge in [0.05, 0.1) is 0 Å². The number of hydrogen-bond donors (Lipinski definition) is 4. The first-order chi connectivity index (χ1) is 9.70. The molecule has 3 atom stereocenters. The van der Waals surface area contributed by atoms with Crippen LogP contribution in [0.5, 0.6) is 0 Å². The topological polar surface area (TPSA) is 122 Å². The van der Waals surface area contributed by atoms with E-state index in [0.717, 1.165) is 19.3 Å². The monoisotopic (exact) mass is 299 g/mol. The van der Waals surface area contributed by atoms with E-state index in [4.69, 9.17) is 5.73 Å². The predicted molar refractivity (Wildman–Crippen MR) is 77.5 cm³/mol. The summed E-state index contributed by atoms with van der Waals surface area (Å²) in [6.07, 6.45) is 2.87. The van der Waals surface area contributed by atoms with Gasteiger partial charge in [-0.05, 0) is 24.7 Å². The lowest BCUT2D eigenvalue weighted by molar-refractivity contribution is -0.152. The molecule has 1 aliphatic rings. The maximum Gasteiger partial charge on any atom is 0.329 e. The van der Waals surface area contributed by atoms with Crippen LogP contribution in [0.15, 0.2) is 0 Å². The Hall–Kier alpha value is -1.79. The lowest BCUT2D eigenvalue weighted by Crippen LogP contribution is -2.64. The number of amides is 3. The Morgan fingerprint density at radius 3 is 2.33 bits per heavy atom. The van der Waals surface area contributed by atoms with Gasteiger partial charge in [0.1, 0.15) is 11.6 Å². The standard InChI is InChI=1S/C14H25N3O4/c1-8(2)10(16-13(15)21)11(18)17-14(12(19)20)7-5-4-6-9(14)3/h8-10H,4-7H2,1-3H3,(H,17,18)(H,19,20)(H3,15,16,21). The summed E-state index contributed by atoms with van der Waals surface area (Å²) in [5.41, 5.74) is 3.81. The lowest BCUT2D eigenvalue weighted by Gasteiger charge is -2.40. The van der Waals surface area contributed by atoms with E-state index in [1.165, 1.54) is 0 Å². The zero-order valence-electron chi connectivity index (χ0n) is 12.8. The molecule has 1 fully saturated rings. The molecule has 0 heterocycles. The van der Waals surface area contributed by atoms with E-state index in [-0.39, 0.29) is 11.8 Å². The minimum atomic E-state index is -1.26. The van der Waals surface area contributed by atoms with E-state index in [0.29, 0.717) is 6.42 Å². The number of carbonyl (C=O) groups is 3. The van der Waals surface area contributed by atoms with Gasteiger partial charge >= 0.3 is 12.0 Å². The van der Waals surface area contributed by atoms with E-state index >= 15 is 0 Å². The van der Waals surface area contributed by atoms with Crippen LogP contribution in [-0.4, -0.2) is 34.6 Å². The lowest BCUT2D eigenvalue weighted by atomic mass is 9.73. The normalized spacial score (nSPS) is 27.0. The number of nitrogens with one attached hydrogen (secondary N) is 2. The van der Waals surface area contributed by atoms with E-state index in [1.807, 2.05) is 6.92 Å². The maximum atomic E-state index is 12.4. The summed E-state index contributed by atoms with van der Waals surface area (Å²) in [7, 11) is 0. The second kappa shape index (κ2) is 6.78. The van der Waals surface area contributed by atoms with Gasteiger partial charge in [0.25, 0.3) is 0 Å². The molecule has 3 amide bonds. The van der Waals surface area contributed by atoms with Gasteiger partial charge in [-0.1, -0.05) is 33.6 Å². The highest BCUT2D eigenvalue weighted by Gasteiger charge is 2.47. The second-order valence-corrected chi connectivity index (χ2v) is 6.14. The zero-order valence-corrected chi connectivity index (χ0v) is 12.8. The third-order valence-corrected chi connectivity index (χ3v) is 4.27. The number of hydrogen-bond acceptors (Lipinski definition) is 3. The minimum Gasteiger partial charge on any atom is -0.479 e. The van der Waals surface area contributed by atoms with Gasteiger partial charge in [-0.3, -0.25) is 4.79 Å². The highest BCUT2D eigenvalue weighted by Crippen LogP contribution is 2.34. The number of nitrogens with two attached hydrogens (primary N) is 1. The first-order valence-corrected chi connectivity index (χ1v) is 7.32. The molecular formula is C14H25N3O4. The Balaban J connectivity index is 2.94. The number of urea groups is 1. The Bertz CT molecular complexity index is 424. The number of aliphatic carboxylic acids is 1. The van der Waals surface area contributed by atoms with Crippen molar-refractivity contribution in [2.45, 2.75) is 58.0 Å². The van der Waals surface area contributed by atoms with E-state index < -0.39 is 29.5 Å². The molecule has 0 aliphatic heterocycles. The van der Waals surface area contributed by atoms with Gasteiger partial charge in [-0.15, -0.1) is 0 Å². The SMILES string of the molecule is CC(C)C(NC(N)=O)C(=O)NC1(C(=O)O)CCCCC1C. The molecule has 0 aromatic carbocycles. The molecule has 0 saturated heterocycles. The predicted octanol–water partition coefficient (Wildman–Crippen LogP) is 0.829. The molecule has 1 rings (SSSR count). The smallest absolute Gasteiger partial charge is 0.329 e. The van der Waals surface area contributed by atoms with Gasteiger partial charge in [-0.2, -0.15) is 0 Å². The van der Waals surface area contributed by atoms with Crippen molar-refractivity contribution in [1.82, 2.24) is 10.6 Å². The molecule has 7 heteroatoms. The van der Waals surface area contributed by atoms with Crippen LogP contribution in [0, 0.1) is 11.8 Å². The summed E-state index contributed by atoms with van der Waals surface area (Å²) >= 11 is 0. The number of carboxylic acids is 1. The molecule has 1 saturated carbocycles. The van der Waals surface area contributed by atoms with E-state index in [9.17, 15) is 19.5 Å². The molecule has 0 bridgehead atoms. The van der Waals surface area contributed by atoms with Crippen molar-refractivity contribution in [1.29, 1.82) is 0 Å². The van der Waals surface area contributed by atoms with Crippen LogP contribution in [-0.2, 0) is 9.59 Å². The van der Waals surface area contributed by atoms with Crippen LogP contribution >= 0.6 is 0 Å². The van der Waals surface area contributed by atoms with Gasteiger partial charge in [0.15, 0.2) is 0 Å². The van der Waals surface area contributed by atoms with Crippen LogP contribution < -0.4 is 16.4 Å². The molecule has 0 aromatic heterocycles. The summed E-state index contributed by atoms with van der Waals surface area (Å²) < 4.78 is 0. The Morgan fingerprint density at radius 1 is 1.29 bits per heavy atom. The van der Waals surface area contributed by atoms with E-state index in [1.54, 1.807) is 13.8 Å². The maximum absolute atomic E-state index is 12.4. The molecule has 5 N–H and O–H groups in total. The third-order valence-electron chi connectivity index (χ3n) is 4.27. The quantitative estimate of drug-likeness (QED) is 0.600. The second-order valence-electron chi connectivity index (χ2n) is 6.14. The van der Waals surface area contributed by atoms with Crippen molar-refractivity contribution in [3.05, 3.63) is 0 Å². The van der Waals surface area contributed by atoms with Crippen molar-refractivity contribution < 1.29 is 19.5 Å². The molecule has 0 aromatic rings. The Kier molecular flexibility index (Phi) is 5.57. The summed E-state index contributed by atoms with van der Waals surface area (Å²) in [6, 6.07) is -1.64. The fourth-order valence-corrected chi connectivity index (χ4v) is 2.89. The van der Waals surface area contributed by atoms with Crippen LogP contribution in [0.1, 0.15) is 46.5 Å². The summed E-state index contributed by atoms with van der Waals surface area (Å²) in [6.45, 7) is 5.36. The van der Waals surface area contributed by atoms with Crippen molar-refractivity contribution in [3.63, 3.8) is 0 Å². The molecule has 3 unspecified atom stereocenters. The summed E-state index contributed by atoms with van der Waals surface area (Å²) in [4.78, 5) is 35.1. The summed E-state index contributed by atoms with van der Waals surface area (Å²) in [5.74, 6) is -1.87. The number of rotatable bonds is 5. The summed E-state index contributed by atoms with van der Waals surface area (Å²) in [5, 5.41) is 14.6. The first kappa shape index (κ1) is 17.3. The number of carboxylic acid groups (broad SMARTS) is 1. The van der Waals surface area contributed by atoms with Crippen LogP contribution in [0.25, 0.3) is 0 Å². The fourth-order valence-electron chi connectivity index (χ4n) is 2.89. The highest BCUT2D eigenvalue weighted by molar-refractivity contribution is 5.92. The molecular weight excluding hydrogens is 274 g/mol. The Morgan fingerprint density at radius 2 is 1.90 bits per heavy atom. The van der Waals surface area contributed by atoms with Gasteiger partial charge in [0, 0.05) is 0 Å². The Labute approximate surface area is 124 Å². The van der Waals surface area contributed by atoms with Crippen molar-refractivity contribution in [2.75, 3.05) is 0 Å². The van der Waals surface area contributed by atoms with Crippen LogP contribution in [0.4, 0.5) is 4.79 Å². The van der Waals surface area contributed by atoms with Crippen LogP contribution in [0.2, 0.25) is 0 Å². The molecule has 1 aliphatic carbocycles. The average Bonchev–Trinajstić information content (AvgIpc) is 2.37.